The van der Waals surface area contributed by atoms with Gasteiger partial charge in [0.15, 0.2) is 11.5 Å². The van der Waals surface area contributed by atoms with E-state index in [1.54, 1.807) is 0 Å². The van der Waals surface area contributed by atoms with Crippen molar-refractivity contribution in [1.82, 2.24) is 20.2 Å². The Morgan fingerprint density at radius 3 is 2.44 bits per heavy atom. The first kappa shape index (κ1) is 33.0. The molecule has 2 aromatic heterocycles. The lowest BCUT2D eigenvalue weighted by Crippen LogP contribution is -2.11. The first-order chi connectivity index (χ1) is 24.5. The van der Waals surface area contributed by atoms with Gasteiger partial charge in [-0.1, -0.05) is 72.8 Å². The monoisotopic (exact) mass is 671 g/mol. The highest BCUT2D eigenvalue weighted by atomic mass is 16.5. The van der Waals surface area contributed by atoms with Gasteiger partial charge in [0, 0.05) is 30.3 Å². The summed E-state index contributed by atoms with van der Waals surface area (Å²) in [5.74, 6) is 0.453. The van der Waals surface area contributed by atoms with E-state index in [1.165, 1.54) is 23.3 Å². The second-order valence-electron chi connectivity index (χ2n) is 13.2. The van der Waals surface area contributed by atoms with Crippen molar-refractivity contribution in [2.45, 2.75) is 83.3 Å². The van der Waals surface area contributed by atoms with Crippen molar-refractivity contribution < 1.29 is 24.0 Å². The number of carbonyl (C=O) groups excluding carboxylic acids is 1. The third-order valence-corrected chi connectivity index (χ3v) is 9.57. The number of unbranched alkanes of at least 4 members (excludes halogenated alkanes) is 3. The van der Waals surface area contributed by atoms with E-state index in [0.29, 0.717) is 18.1 Å². The van der Waals surface area contributed by atoms with Gasteiger partial charge in [0.25, 0.3) is 0 Å². The van der Waals surface area contributed by atoms with Gasteiger partial charge in [-0.25, -0.2) is 4.79 Å². The van der Waals surface area contributed by atoms with E-state index < -0.39 is 5.97 Å². The van der Waals surface area contributed by atoms with Crippen molar-refractivity contribution in [2.75, 3.05) is 5.32 Å². The van der Waals surface area contributed by atoms with E-state index in [1.807, 2.05) is 53.3 Å². The molecular formula is C40H41N5O5. The smallest absolute Gasteiger partial charge is 0.358 e. The first-order valence-corrected chi connectivity index (χ1v) is 17.6. The van der Waals surface area contributed by atoms with Gasteiger partial charge in [-0.15, -0.1) is 5.10 Å². The SMILES string of the molecule is O=C(CCCCCCn1cc(COc2ccc(-c3cc(C(=O)O)no3)c(C3CCCCC3)c2)nn1)Nc1ccc2cc3ccccc3cc2c1. The van der Waals surface area contributed by atoms with Gasteiger partial charge in [0.1, 0.15) is 18.1 Å². The summed E-state index contributed by atoms with van der Waals surface area (Å²) in [6.45, 7) is 1.04. The molecule has 1 aliphatic rings. The summed E-state index contributed by atoms with van der Waals surface area (Å²) >= 11 is 0. The lowest BCUT2D eigenvalue weighted by atomic mass is 9.81. The van der Waals surface area contributed by atoms with E-state index in [0.717, 1.165) is 96.9 Å². The molecule has 0 spiro atoms. The molecule has 0 aliphatic heterocycles. The lowest BCUT2D eigenvalue weighted by molar-refractivity contribution is -0.116. The molecule has 10 heteroatoms. The van der Waals surface area contributed by atoms with E-state index in [4.69, 9.17) is 9.26 Å². The first-order valence-electron chi connectivity index (χ1n) is 17.6. The van der Waals surface area contributed by atoms with Crippen molar-refractivity contribution in [1.29, 1.82) is 0 Å². The Morgan fingerprint density at radius 2 is 1.64 bits per heavy atom. The van der Waals surface area contributed by atoms with Crippen LogP contribution in [0.1, 0.15) is 91.9 Å². The molecule has 6 aromatic rings. The minimum Gasteiger partial charge on any atom is -0.487 e. The normalized spacial score (nSPS) is 13.5. The highest BCUT2D eigenvalue weighted by molar-refractivity contribution is 6.01. The van der Waals surface area contributed by atoms with Crippen molar-refractivity contribution in [3.8, 4) is 17.1 Å². The average Bonchev–Trinajstić information content (AvgIpc) is 3.82. The number of hydrogen-bond acceptors (Lipinski definition) is 7. The quantitative estimate of drug-likeness (QED) is 0.0865. The number of nitrogens with one attached hydrogen (secondary N) is 1. The van der Waals surface area contributed by atoms with Gasteiger partial charge >= 0.3 is 5.97 Å². The molecule has 0 atom stereocenters. The van der Waals surface area contributed by atoms with Crippen molar-refractivity contribution >= 4 is 39.1 Å². The fraction of sp³-hybridized carbons (Fsp3) is 0.325. The zero-order chi connectivity index (χ0) is 34.3. The Labute approximate surface area is 290 Å². The Morgan fingerprint density at radius 1 is 0.860 bits per heavy atom. The van der Waals surface area contributed by atoms with Crippen LogP contribution in [0.2, 0.25) is 0 Å². The molecule has 0 bridgehead atoms. The molecule has 2 N–H and O–H groups in total. The number of aromatic carboxylic acids is 1. The Bertz CT molecular complexity index is 2110. The number of fused-ring (bicyclic) bond motifs is 2. The van der Waals surface area contributed by atoms with Crippen LogP contribution >= 0.6 is 0 Å². The second-order valence-corrected chi connectivity index (χ2v) is 13.2. The average molecular weight is 672 g/mol. The Hall–Kier alpha value is -5.51. The van der Waals surface area contributed by atoms with Gasteiger partial charge < -0.3 is 19.7 Å². The van der Waals surface area contributed by atoms with E-state index in [2.05, 4.69) is 51.1 Å². The molecular weight excluding hydrogens is 630 g/mol. The largest absolute Gasteiger partial charge is 0.487 e. The standard InChI is InChI=1S/C40H41N5O5/c46-39(41-32-16-15-30-20-28-12-7-8-13-29(28)21-31(30)22-32)14-6-1-2-9-19-45-25-33(42-44-45)26-49-34-17-18-35(38-24-37(40(47)48)43-50-38)36(23-34)27-10-4-3-5-11-27/h7-8,12-13,15-18,20-25,27H,1-6,9-11,14,19,26H2,(H,41,46)(H,47,48). The minimum atomic E-state index is -1.11. The molecule has 2 heterocycles. The van der Waals surface area contributed by atoms with Crippen LogP contribution in [-0.2, 0) is 17.9 Å². The third-order valence-electron chi connectivity index (χ3n) is 9.57. The molecule has 4 aromatic carbocycles. The maximum Gasteiger partial charge on any atom is 0.358 e. The molecule has 50 heavy (non-hydrogen) atoms. The summed E-state index contributed by atoms with van der Waals surface area (Å²) in [6, 6.07) is 26.1. The zero-order valence-corrected chi connectivity index (χ0v) is 28.0. The highest BCUT2D eigenvalue weighted by Gasteiger charge is 2.23. The fourth-order valence-corrected chi connectivity index (χ4v) is 6.93. The van der Waals surface area contributed by atoms with Crippen molar-refractivity contribution in [2.24, 2.45) is 0 Å². The second kappa shape index (κ2) is 15.4. The lowest BCUT2D eigenvalue weighted by Gasteiger charge is -2.24. The van der Waals surface area contributed by atoms with Gasteiger partial charge in [-0.2, -0.15) is 0 Å². The summed E-state index contributed by atoms with van der Waals surface area (Å²) in [5.41, 5.74) is 3.42. The molecule has 1 fully saturated rings. The molecule has 7 rings (SSSR count). The predicted molar refractivity (Wildman–Crippen MR) is 192 cm³/mol. The number of benzene rings is 4. The number of anilines is 1. The van der Waals surface area contributed by atoms with E-state index in [-0.39, 0.29) is 18.2 Å². The predicted octanol–water partition coefficient (Wildman–Crippen LogP) is 9.15. The molecule has 0 saturated heterocycles. The van der Waals surface area contributed by atoms with Crippen molar-refractivity contribution in [3.05, 3.63) is 102 Å². The molecule has 0 radical (unpaired) electrons. The van der Waals surface area contributed by atoms with Crippen LogP contribution in [0.25, 0.3) is 32.9 Å². The number of ether oxygens (including phenoxy) is 1. The van der Waals surface area contributed by atoms with Gasteiger partial charge in [-0.3, -0.25) is 9.48 Å². The molecule has 0 unspecified atom stereocenters. The Kier molecular flexibility index (Phi) is 10.1. The highest BCUT2D eigenvalue weighted by Crippen LogP contribution is 2.40. The molecule has 10 nitrogen and oxygen atoms in total. The van der Waals surface area contributed by atoms with Crippen LogP contribution < -0.4 is 10.1 Å². The van der Waals surface area contributed by atoms with Gasteiger partial charge in [0.05, 0.1) is 6.20 Å². The van der Waals surface area contributed by atoms with Crippen LogP contribution in [0.4, 0.5) is 5.69 Å². The van der Waals surface area contributed by atoms with E-state index >= 15 is 0 Å². The van der Waals surface area contributed by atoms with Gasteiger partial charge in [0.2, 0.25) is 5.91 Å². The maximum atomic E-state index is 12.6. The third kappa shape index (κ3) is 8.02. The van der Waals surface area contributed by atoms with Crippen LogP contribution in [0, 0.1) is 0 Å². The topological polar surface area (TPSA) is 132 Å². The number of amides is 1. The molecule has 1 saturated carbocycles. The fourth-order valence-electron chi connectivity index (χ4n) is 6.93. The number of rotatable bonds is 14. The molecule has 1 aliphatic carbocycles. The molecule has 256 valence electrons. The summed E-state index contributed by atoms with van der Waals surface area (Å²) in [6.07, 6.45) is 11.8. The van der Waals surface area contributed by atoms with Crippen LogP contribution in [0.15, 0.2) is 89.6 Å². The van der Waals surface area contributed by atoms with Crippen LogP contribution in [0.5, 0.6) is 5.75 Å². The summed E-state index contributed by atoms with van der Waals surface area (Å²) < 4.78 is 13.4. The Balaban J connectivity index is 0.851. The van der Waals surface area contributed by atoms with Gasteiger partial charge in [-0.05, 0) is 101 Å². The molecule has 1 amide bonds. The number of hydrogen-bond donors (Lipinski definition) is 2. The van der Waals surface area contributed by atoms with Crippen LogP contribution in [-0.4, -0.2) is 37.1 Å². The number of aromatic nitrogens is 4. The summed E-state index contributed by atoms with van der Waals surface area (Å²) in [5, 5.41) is 29.3. The number of carboxylic acids is 1. The number of nitrogens with zero attached hydrogens (tertiary/aromatic N) is 4. The van der Waals surface area contributed by atoms with E-state index in [9.17, 15) is 14.7 Å². The summed E-state index contributed by atoms with van der Waals surface area (Å²) in [7, 11) is 0. The van der Waals surface area contributed by atoms with Crippen molar-refractivity contribution in [3.63, 3.8) is 0 Å². The number of aryl methyl sites for hydroxylation is 1. The minimum absolute atomic E-state index is 0.0388. The summed E-state index contributed by atoms with van der Waals surface area (Å²) in [4.78, 5) is 24.0. The van der Waals surface area contributed by atoms with Crippen LogP contribution in [0.3, 0.4) is 0 Å². The number of carboxylic acid groups (broad SMARTS) is 1. The zero-order valence-electron chi connectivity index (χ0n) is 28.0. The maximum absolute atomic E-state index is 12.6. The number of carbonyl (C=O) groups is 2.